The molecule has 33 heavy (non-hydrogen) atoms. The van der Waals surface area contributed by atoms with Crippen LogP contribution in [0.3, 0.4) is 0 Å². The minimum atomic E-state index is -4.99. The largest absolute Gasteiger partial charge is 0.422 e. The Labute approximate surface area is 195 Å². The van der Waals surface area contributed by atoms with Gasteiger partial charge in [-0.15, -0.1) is 0 Å². The van der Waals surface area contributed by atoms with Crippen LogP contribution in [0, 0.1) is 41.2 Å². The zero-order valence-electron chi connectivity index (χ0n) is 20.0. The minimum Gasteiger partial charge on any atom is -0.206 e. The fourth-order valence-electron chi connectivity index (χ4n) is 7.29. The van der Waals surface area contributed by atoms with Gasteiger partial charge >= 0.3 is 6.18 Å². The lowest BCUT2D eigenvalue weighted by atomic mass is 9.60. The van der Waals surface area contributed by atoms with Gasteiger partial charge in [0.05, 0.1) is 0 Å². The molecule has 0 N–H and O–H groups in total. The van der Waals surface area contributed by atoms with E-state index in [1.54, 1.807) is 0 Å². The Balaban J connectivity index is 1.32. The van der Waals surface area contributed by atoms with Crippen molar-refractivity contribution in [2.24, 2.45) is 29.6 Å². The van der Waals surface area contributed by atoms with Gasteiger partial charge in [0.1, 0.15) is 17.2 Å². The molecule has 5 unspecified atom stereocenters. The first-order chi connectivity index (χ1) is 15.8. The van der Waals surface area contributed by atoms with Gasteiger partial charge in [-0.05, 0) is 98.1 Å². The van der Waals surface area contributed by atoms with Crippen LogP contribution in [-0.4, -0.2) is 0 Å². The maximum atomic E-state index is 14.5. The molecule has 1 aromatic carbocycles. The molecule has 0 spiro atoms. The fraction of sp³-hybridized carbons (Fsp3) is 0.786. The summed E-state index contributed by atoms with van der Waals surface area (Å²) in [5.74, 6) is 0.519. The highest BCUT2D eigenvalue weighted by atomic mass is 19.4. The number of halogens is 5. The summed E-state index contributed by atoms with van der Waals surface area (Å²) in [5.41, 5.74) is -1.17. The molecule has 186 valence electrons. The van der Waals surface area contributed by atoms with Gasteiger partial charge in [-0.25, -0.2) is 8.78 Å². The van der Waals surface area contributed by atoms with E-state index in [1.165, 1.54) is 70.6 Å². The molecule has 0 saturated heterocycles. The molecule has 3 aliphatic carbocycles. The van der Waals surface area contributed by atoms with Crippen LogP contribution < -0.4 is 0 Å². The predicted octanol–water partition coefficient (Wildman–Crippen LogP) is 9.28. The summed E-state index contributed by atoms with van der Waals surface area (Å²) in [5, 5.41) is 0. The van der Waals surface area contributed by atoms with E-state index in [1.807, 2.05) is 0 Å². The molecule has 0 aliphatic heterocycles. The molecule has 0 amide bonds. The lowest BCUT2D eigenvalue weighted by Crippen LogP contribution is -2.35. The van der Waals surface area contributed by atoms with Crippen LogP contribution in [0.5, 0.6) is 0 Å². The van der Waals surface area contributed by atoms with Crippen molar-refractivity contribution in [3.05, 3.63) is 34.4 Å². The third-order valence-electron chi connectivity index (χ3n) is 9.09. The van der Waals surface area contributed by atoms with Crippen molar-refractivity contribution in [2.75, 3.05) is 0 Å². The van der Waals surface area contributed by atoms with Crippen LogP contribution in [0.15, 0.2) is 6.07 Å². The first kappa shape index (κ1) is 25.0. The molecule has 2 saturated carbocycles. The van der Waals surface area contributed by atoms with Gasteiger partial charge in [0.25, 0.3) is 0 Å². The summed E-state index contributed by atoms with van der Waals surface area (Å²) >= 11 is 0. The van der Waals surface area contributed by atoms with Gasteiger partial charge in [0.2, 0.25) is 0 Å². The van der Waals surface area contributed by atoms with E-state index in [0.717, 1.165) is 36.7 Å². The molecule has 0 aromatic heterocycles. The van der Waals surface area contributed by atoms with Crippen LogP contribution in [0.1, 0.15) is 107 Å². The molecule has 1 aromatic rings. The van der Waals surface area contributed by atoms with Crippen molar-refractivity contribution < 1.29 is 22.0 Å². The van der Waals surface area contributed by atoms with Gasteiger partial charge in [-0.2, -0.15) is 13.2 Å². The number of fused-ring (bicyclic) bond motifs is 2. The molecular weight excluding hydrogens is 431 g/mol. The van der Waals surface area contributed by atoms with Gasteiger partial charge in [0.15, 0.2) is 0 Å². The van der Waals surface area contributed by atoms with Crippen LogP contribution in [-0.2, 0) is 19.0 Å². The van der Waals surface area contributed by atoms with Crippen LogP contribution >= 0.6 is 0 Å². The van der Waals surface area contributed by atoms with Gasteiger partial charge in [-0.1, -0.05) is 51.9 Å². The first-order valence-electron chi connectivity index (χ1n) is 13.3. The van der Waals surface area contributed by atoms with E-state index in [0.29, 0.717) is 30.2 Å². The van der Waals surface area contributed by atoms with E-state index in [2.05, 4.69) is 6.92 Å². The van der Waals surface area contributed by atoms with Crippen molar-refractivity contribution in [2.45, 2.75) is 109 Å². The van der Waals surface area contributed by atoms with E-state index in [-0.39, 0.29) is 5.56 Å². The van der Waals surface area contributed by atoms with Crippen molar-refractivity contribution in [3.63, 3.8) is 0 Å². The smallest absolute Gasteiger partial charge is 0.206 e. The lowest BCUT2D eigenvalue weighted by molar-refractivity contribution is -0.142. The predicted molar refractivity (Wildman–Crippen MR) is 122 cm³/mol. The Bertz CT molecular complexity index is 798. The normalized spacial score (nSPS) is 30.1. The monoisotopic (exact) mass is 470 g/mol. The van der Waals surface area contributed by atoms with E-state index in [4.69, 9.17) is 0 Å². The van der Waals surface area contributed by atoms with Crippen LogP contribution in [0.25, 0.3) is 0 Å². The summed E-state index contributed by atoms with van der Waals surface area (Å²) in [6, 6.07) is 0.963. The number of unbranched alkanes of at least 4 members (excludes halogenated alkanes) is 4. The zero-order valence-corrected chi connectivity index (χ0v) is 20.0. The Kier molecular flexibility index (Phi) is 8.06. The maximum absolute atomic E-state index is 14.5. The second-order valence-electron chi connectivity index (χ2n) is 11.2. The number of alkyl halides is 3. The molecule has 0 bridgehead atoms. The third kappa shape index (κ3) is 5.75. The Morgan fingerprint density at radius 2 is 1.48 bits per heavy atom. The molecule has 2 fully saturated rings. The first-order valence-corrected chi connectivity index (χ1v) is 13.3. The topological polar surface area (TPSA) is 0 Å². The molecule has 0 nitrogen and oxygen atoms in total. The fourth-order valence-corrected chi connectivity index (χ4v) is 7.29. The minimum absolute atomic E-state index is 0.0908. The van der Waals surface area contributed by atoms with E-state index in [9.17, 15) is 22.0 Å². The Morgan fingerprint density at radius 1 is 0.818 bits per heavy atom. The third-order valence-corrected chi connectivity index (χ3v) is 9.09. The second kappa shape index (κ2) is 10.6. The summed E-state index contributed by atoms with van der Waals surface area (Å²) < 4.78 is 67.9. The van der Waals surface area contributed by atoms with Crippen LogP contribution in [0.2, 0.25) is 0 Å². The highest BCUT2D eigenvalue weighted by molar-refractivity contribution is 5.38. The molecule has 5 heteroatoms. The van der Waals surface area contributed by atoms with Crippen molar-refractivity contribution in [1.29, 1.82) is 0 Å². The molecule has 4 rings (SSSR count). The SMILES string of the molecule is CCCCCCCC1CCC2CC(C3CCc4c(cc(F)c(C(F)(F)F)c4F)C3)CCC2C1. The summed E-state index contributed by atoms with van der Waals surface area (Å²) in [6.07, 6.45) is 12.3. The number of rotatable bonds is 7. The molecule has 5 atom stereocenters. The number of hydrogen-bond donors (Lipinski definition) is 0. The zero-order chi connectivity index (χ0) is 23.6. The number of hydrogen-bond acceptors (Lipinski definition) is 0. The summed E-state index contributed by atoms with van der Waals surface area (Å²) in [4.78, 5) is 0. The molecular formula is C28H39F5. The van der Waals surface area contributed by atoms with Gasteiger partial charge in [-0.3, -0.25) is 0 Å². The second-order valence-corrected chi connectivity index (χ2v) is 11.2. The lowest BCUT2D eigenvalue weighted by Gasteiger charge is -2.45. The van der Waals surface area contributed by atoms with E-state index < -0.39 is 23.4 Å². The van der Waals surface area contributed by atoms with Gasteiger partial charge in [0, 0.05) is 0 Å². The van der Waals surface area contributed by atoms with Crippen molar-refractivity contribution in [3.8, 4) is 0 Å². The van der Waals surface area contributed by atoms with Gasteiger partial charge < -0.3 is 0 Å². The molecule has 3 aliphatic rings. The number of benzene rings is 1. The van der Waals surface area contributed by atoms with E-state index >= 15 is 0 Å². The van der Waals surface area contributed by atoms with Crippen molar-refractivity contribution in [1.82, 2.24) is 0 Å². The summed E-state index contributed by atoms with van der Waals surface area (Å²) in [6.45, 7) is 2.25. The average Bonchev–Trinajstić information content (AvgIpc) is 2.77. The van der Waals surface area contributed by atoms with Crippen LogP contribution in [0.4, 0.5) is 22.0 Å². The Morgan fingerprint density at radius 3 is 2.21 bits per heavy atom. The average molecular weight is 471 g/mol. The standard InChI is InChI=1S/C28H39F5/c1-2-3-4-5-6-7-18-8-9-20-15-21(11-10-19(20)14-18)22-12-13-24-23(16-22)17-25(29)26(27(24)30)28(31,32)33/h17-22H,2-16H2,1H3. The van der Waals surface area contributed by atoms with Crippen molar-refractivity contribution >= 4 is 0 Å². The highest BCUT2D eigenvalue weighted by Gasteiger charge is 2.42. The molecule has 0 heterocycles. The Hall–Kier alpha value is -1.13. The summed E-state index contributed by atoms with van der Waals surface area (Å²) in [7, 11) is 0. The maximum Gasteiger partial charge on any atom is 0.422 e. The molecule has 0 radical (unpaired) electrons. The highest BCUT2D eigenvalue weighted by Crippen LogP contribution is 2.49. The quantitative estimate of drug-likeness (QED) is 0.275.